The Labute approximate surface area is 78.6 Å². The monoisotopic (exact) mass is 177 g/mol. The lowest BCUT2D eigenvalue weighted by molar-refractivity contribution is 0.754. The highest BCUT2D eigenvalue weighted by molar-refractivity contribution is 5.29. The first-order chi connectivity index (χ1) is 6.35. The van der Waals surface area contributed by atoms with Crippen molar-refractivity contribution in [3.8, 4) is 0 Å². The first-order valence-corrected chi connectivity index (χ1v) is 4.93. The molecule has 70 valence electrons. The summed E-state index contributed by atoms with van der Waals surface area (Å²) in [7, 11) is 0. The molecule has 0 fully saturated rings. The normalized spacial score (nSPS) is 14.6. The molecule has 0 spiro atoms. The molecular formula is C10H15N3. The maximum Gasteiger partial charge on any atom is 0.128 e. The van der Waals surface area contributed by atoms with Crippen LogP contribution in [-0.2, 0) is 25.9 Å². The number of hydrogen-bond donors (Lipinski definition) is 1. The molecule has 3 nitrogen and oxygen atoms in total. The van der Waals surface area contributed by atoms with Gasteiger partial charge in [-0.15, -0.1) is 0 Å². The molecule has 0 unspecified atom stereocenters. The van der Waals surface area contributed by atoms with Crippen LogP contribution in [0.3, 0.4) is 0 Å². The van der Waals surface area contributed by atoms with Crippen LogP contribution in [0.2, 0.25) is 0 Å². The number of aromatic nitrogens is 2. The summed E-state index contributed by atoms with van der Waals surface area (Å²) in [4.78, 5) is 9.04. The molecular weight excluding hydrogens is 162 g/mol. The Balaban J connectivity index is 2.49. The zero-order valence-electron chi connectivity index (χ0n) is 8.22. The Morgan fingerprint density at radius 3 is 2.69 bits per heavy atom. The van der Waals surface area contributed by atoms with Gasteiger partial charge in [0.05, 0.1) is 5.69 Å². The van der Waals surface area contributed by atoms with Crippen molar-refractivity contribution in [2.75, 3.05) is 0 Å². The minimum absolute atomic E-state index is 0.915. The SMILES string of the molecule is CCc1nc(CC)c2c(n1)CNC2. The molecule has 0 aliphatic carbocycles. The van der Waals surface area contributed by atoms with Gasteiger partial charge in [0.1, 0.15) is 5.82 Å². The number of fused-ring (bicyclic) bond motifs is 1. The van der Waals surface area contributed by atoms with E-state index in [1.54, 1.807) is 0 Å². The molecule has 13 heavy (non-hydrogen) atoms. The molecule has 0 saturated carbocycles. The summed E-state index contributed by atoms with van der Waals surface area (Å²) in [6.45, 7) is 6.12. The van der Waals surface area contributed by atoms with Gasteiger partial charge in [-0.2, -0.15) is 0 Å². The maximum absolute atomic E-state index is 4.53. The third-order valence-corrected chi connectivity index (χ3v) is 2.47. The molecule has 2 heterocycles. The van der Waals surface area contributed by atoms with Crippen LogP contribution in [0.5, 0.6) is 0 Å². The molecule has 3 heteroatoms. The molecule has 1 aromatic rings. The second-order valence-corrected chi connectivity index (χ2v) is 3.32. The van der Waals surface area contributed by atoms with Crippen LogP contribution in [0, 0.1) is 0 Å². The van der Waals surface area contributed by atoms with E-state index in [0.717, 1.165) is 31.8 Å². The summed E-state index contributed by atoms with van der Waals surface area (Å²) >= 11 is 0. The number of nitrogens with one attached hydrogen (secondary N) is 1. The first-order valence-electron chi connectivity index (χ1n) is 4.93. The van der Waals surface area contributed by atoms with Gasteiger partial charge in [0, 0.05) is 30.8 Å². The molecule has 0 radical (unpaired) electrons. The lowest BCUT2D eigenvalue weighted by atomic mass is 10.1. The molecule has 2 rings (SSSR count). The molecule has 0 amide bonds. The van der Waals surface area contributed by atoms with Gasteiger partial charge in [-0.1, -0.05) is 13.8 Å². The fourth-order valence-corrected chi connectivity index (χ4v) is 1.74. The summed E-state index contributed by atoms with van der Waals surface area (Å²) in [6, 6.07) is 0. The van der Waals surface area contributed by atoms with E-state index >= 15 is 0 Å². The second-order valence-electron chi connectivity index (χ2n) is 3.32. The van der Waals surface area contributed by atoms with E-state index in [2.05, 4.69) is 29.1 Å². The minimum Gasteiger partial charge on any atom is -0.307 e. The summed E-state index contributed by atoms with van der Waals surface area (Å²) in [5, 5.41) is 3.31. The van der Waals surface area contributed by atoms with Crippen LogP contribution in [0.25, 0.3) is 0 Å². The van der Waals surface area contributed by atoms with Gasteiger partial charge in [-0.05, 0) is 6.42 Å². The highest BCUT2D eigenvalue weighted by Crippen LogP contribution is 2.17. The summed E-state index contributed by atoms with van der Waals surface area (Å²) in [5.74, 6) is 0.985. The van der Waals surface area contributed by atoms with E-state index in [1.165, 1.54) is 17.0 Å². The largest absolute Gasteiger partial charge is 0.307 e. The molecule has 0 aromatic carbocycles. The molecule has 0 atom stereocenters. The first kappa shape index (κ1) is 8.63. The van der Waals surface area contributed by atoms with Crippen molar-refractivity contribution in [1.82, 2.24) is 15.3 Å². The van der Waals surface area contributed by atoms with Gasteiger partial charge >= 0.3 is 0 Å². The third-order valence-electron chi connectivity index (χ3n) is 2.47. The van der Waals surface area contributed by atoms with Crippen molar-refractivity contribution >= 4 is 0 Å². The van der Waals surface area contributed by atoms with Crippen LogP contribution in [0.15, 0.2) is 0 Å². The number of aryl methyl sites for hydroxylation is 2. The van der Waals surface area contributed by atoms with E-state index in [0.29, 0.717) is 0 Å². The lowest BCUT2D eigenvalue weighted by Gasteiger charge is -2.05. The van der Waals surface area contributed by atoms with Crippen LogP contribution in [-0.4, -0.2) is 9.97 Å². The van der Waals surface area contributed by atoms with Gasteiger partial charge in [0.25, 0.3) is 0 Å². The maximum atomic E-state index is 4.53. The van der Waals surface area contributed by atoms with E-state index in [-0.39, 0.29) is 0 Å². The summed E-state index contributed by atoms with van der Waals surface area (Å²) < 4.78 is 0. The van der Waals surface area contributed by atoms with Gasteiger partial charge < -0.3 is 5.32 Å². The van der Waals surface area contributed by atoms with Crippen molar-refractivity contribution in [2.45, 2.75) is 39.8 Å². The third kappa shape index (κ3) is 1.44. The minimum atomic E-state index is 0.915. The van der Waals surface area contributed by atoms with Crippen LogP contribution >= 0.6 is 0 Å². The Morgan fingerprint density at radius 1 is 1.15 bits per heavy atom. The van der Waals surface area contributed by atoms with Crippen molar-refractivity contribution in [3.05, 3.63) is 22.8 Å². The fraction of sp³-hybridized carbons (Fsp3) is 0.600. The van der Waals surface area contributed by atoms with Crippen molar-refractivity contribution in [3.63, 3.8) is 0 Å². The highest BCUT2D eigenvalue weighted by atomic mass is 15.0. The van der Waals surface area contributed by atoms with Gasteiger partial charge in [0.2, 0.25) is 0 Å². The van der Waals surface area contributed by atoms with Crippen LogP contribution in [0.1, 0.15) is 36.6 Å². The summed E-state index contributed by atoms with van der Waals surface area (Å²) in [6.07, 6.45) is 1.94. The molecule has 0 bridgehead atoms. The van der Waals surface area contributed by atoms with E-state index in [4.69, 9.17) is 0 Å². The van der Waals surface area contributed by atoms with Gasteiger partial charge in [-0.25, -0.2) is 9.97 Å². The smallest absolute Gasteiger partial charge is 0.128 e. The predicted octanol–water partition coefficient (Wildman–Crippen LogP) is 1.20. The molecule has 1 N–H and O–H groups in total. The van der Waals surface area contributed by atoms with E-state index < -0.39 is 0 Å². The summed E-state index contributed by atoms with van der Waals surface area (Å²) in [5.41, 5.74) is 3.77. The highest BCUT2D eigenvalue weighted by Gasteiger charge is 2.16. The number of hydrogen-bond acceptors (Lipinski definition) is 3. The fourth-order valence-electron chi connectivity index (χ4n) is 1.74. The quantitative estimate of drug-likeness (QED) is 0.737. The topological polar surface area (TPSA) is 37.8 Å². The predicted molar refractivity (Wildman–Crippen MR) is 51.3 cm³/mol. The molecule has 1 aliphatic rings. The number of rotatable bonds is 2. The average molecular weight is 177 g/mol. The zero-order chi connectivity index (χ0) is 9.26. The molecule has 0 saturated heterocycles. The molecule has 1 aliphatic heterocycles. The number of nitrogens with zero attached hydrogens (tertiary/aromatic N) is 2. The average Bonchev–Trinajstić information content (AvgIpc) is 2.63. The van der Waals surface area contributed by atoms with Gasteiger partial charge in [0.15, 0.2) is 0 Å². The Hall–Kier alpha value is -0.960. The van der Waals surface area contributed by atoms with Crippen molar-refractivity contribution in [1.29, 1.82) is 0 Å². The van der Waals surface area contributed by atoms with Crippen molar-refractivity contribution in [2.24, 2.45) is 0 Å². The zero-order valence-corrected chi connectivity index (χ0v) is 8.22. The van der Waals surface area contributed by atoms with Crippen LogP contribution in [0.4, 0.5) is 0 Å². The van der Waals surface area contributed by atoms with Gasteiger partial charge in [-0.3, -0.25) is 0 Å². The Bertz CT molecular complexity index is 320. The van der Waals surface area contributed by atoms with E-state index in [9.17, 15) is 0 Å². The molecule has 1 aromatic heterocycles. The van der Waals surface area contributed by atoms with E-state index in [1.807, 2.05) is 0 Å². The van der Waals surface area contributed by atoms with Crippen molar-refractivity contribution < 1.29 is 0 Å². The van der Waals surface area contributed by atoms with Crippen LogP contribution < -0.4 is 5.32 Å². The lowest BCUT2D eigenvalue weighted by Crippen LogP contribution is -2.04. The Kier molecular flexibility index (Phi) is 2.27. The Morgan fingerprint density at radius 2 is 2.00 bits per heavy atom. The standard InChI is InChI=1S/C10H15N3/c1-3-8-7-5-11-6-9(7)13-10(4-2)12-8/h11H,3-6H2,1-2H3. The second kappa shape index (κ2) is 3.42.